The first-order valence-corrected chi connectivity index (χ1v) is 5.30. The third kappa shape index (κ3) is 1.47. The van der Waals surface area contributed by atoms with Crippen LogP contribution in [0.3, 0.4) is 0 Å². The topological polar surface area (TPSA) is 38.1 Å². The molecule has 0 aliphatic rings. The van der Waals surface area contributed by atoms with Crippen LogP contribution in [0, 0.1) is 0 Å². The number of fused-ring (bicyclic) bond motifs is 1. The van der Waals surface area contributed by atoms with Crippen molar-refractivity contribution in [1.82, 2.24) is 4.98 Å². The molecule has 0 saturated carbocycles. The zero-order chi connectivity index (χ0) is 10.3. The average molecular weight is 296 g/mol. The Morgan fingerprint density at radius 3 is 2.86 bits per heavy atom. The zero-order valence-corrected chi connectivity index (χ0v) is 10.2. The van der Waals surface area contributed by atoms with Gasteiger partial charge in [-0.25, -0.2) is 0 Å². The second-order valence-electron chi connectivity index (χ2n) is 2.60. The summed E-state index contributed by atoms with van der Waals surface area (Å²) in [7, 11) is 1.71. The lowest BCUT2D eigenvalue weighted by molar-refractivity contribution is 0.620. The van der Waals surface area contributed by atoms with Gasteiger partial charge in [0.2, 0.25) is 0 Å². The maximum atomic E-state index is 6.00. The summed E-state index contributed by atoms with van der Waals surface area (Å²) < 4.78 is 6.03. The van der Waals surface area contributed by atoms with E-state index in [1.165, 1.54) is 0 Å². The van der Waals surface area contributed by atoms with Crippen molar-refractivity contribution in [2.24, 2.45) is 0 Å². The Labute approximate surface area is 98.5 Å². The van der Waals surface area contributed by atoms with Crippen molar-refractivity contribution < 1.29 is 4.42 Å². The van der Waals surface area contributed by atoms with Crippen LogP contribution in [0.5, 0.6) is 0 Å². The Hall–Kier alpha value is -0.450. The van der Waals surface area contributed by atoms with Crippen LogP contribution in [-0.2, 0) is 0 Å². The normalized spacial score (nSPS) is 10.9. The number of anilines is 1. The first-order chi connectivity index (χ1) is 6.63. The van der Waals surface area contributed by atoms with E-state index in [0.717, 1.165) is 0 Å². The van der Waals surface area contributed by atoms with Crippen molar-refractivity contribution in [3.8, 4) is 0 Å². The van der Waals surface area contributed by atoms with Gasteiger partial charge in [0.25, 0.3) is 6.01 Å². The van der Waals surface area contributed by atoms with Crippen molar-refractivity contribution in [3.63, 3.8) is 0 Å². The molecule has 6 heteroatoms. The molecule has 0 radical (unpaired) electrons. The minimum absolute atomic E-state index is 0.391. The molecule has 1 N–H and O–H groups in total. The molecule has 0 unspecified atom stereocenters. The molecule has 0 aliphatic heterocycles. The molecule has 0 aliphatic carbocycles. The summed E-state index contributed by atoms with van der Waals surface area (Å²) >= 11 is 15.2. The van der Waals surface area contributed by atoms with E-state index >= 15 is 0 Å². The summed E-state index contributed by atoms with van der Waals surface area (Å²) in [5, 5.41) is 3.75. The van der Waals surface area contributed by atoms with Crippen LogP contribution in [0.25, 0.3) is 11.1 Å². The number of benzene rings is 1. The number of rotatable bonds is 1. The Kier molecular flexibility index (Phi) is 2.60. The number of nitrogens with one attached hydrogen (secondary N) is 1. The van der Waals surface area contributed by atoms with Crippen LogP contribution >= 0.6 is 39.1 Å². The highest BCUT2D eigenvalue weighted by atomic mass is 79.9. The molecule has 1 aromatic heterocycles. The van der Waals surface area contributed by atoms with E-state index in [1.54, 1.807) is 13.1 Å². The highest BCUT2D eigenvalue weighted by Gasteiger charge is 2.14. The summed E-state index contributed by atoms with van der Waals surface area (Å²) in [6, 6.07) is 2.08. The Balaban J connectivity index is 2.84. The van der Waals surface area contributed by atoms with Gasteiger partial charge in [0.05, 0.1) is 10.0 Å². The van der Waals surface area contributed by atoms with Crippen molar-refractivity contribution >= 4 is 56.2 Å². The number of hydrogen-bond donors (Lipinski definition) is 1. The highest BCUT2D eigenvalue weighted by Crippen LogP contribution is 2.37. The van der Waals surface area contributed by atoms with Gasteiger partial charge in [-0.15, -0.1) is 0 Å². The van der Waals surface area contributed by atoms with Crippen LogP contribution in [0.15, 0.2) is 15.0 Å². The highest BCUT2D eigenvalue weighted by molar-refractivity contribution is 9.10. The first kappa shape index (κ1) is 10.1. The smallest absolute Gasteiger partial charge is 0.295 e. The molecule has 1 aromatic carbocycles. The number of hydrogen-bond acceptors (Lipinski definition) is 3. The van der Waals surface area contributed by atoms with Crippen LogP contribution in [0.4, 0.5) is 6.01 Å². The number of nitrogens with zero attached hydrogens (tertiary/aromatic N) is 1. The van der Waals surface area contributed by atoms with Crippen LogP contribution in [0.2, 0.25) is 10.0 Å². The molecule has 74 valence electrons. The molecule has 3 nitrogen and oxygen atoms in total. The maximum absolute atomic E-state index is 6.00. The van der Waals surface area contributed by atoms with Gasteiger partial charge in [0.15, 0.2) is 5.58 Å². The van der Waals surface area contributed by atoms with Gasteiger partial charge < -0.3 is 9.73 Å². The minimum atomic E-state index is 0.391. The van der Waals surface area contributed by atoms with Gasteiger partial charge in [-0.05, 0) is 22.0 Å². The molecule has 0 fully saturated rings. The molecule has 0 bridgehead atoms. The van der Waals surface area contributed by atoms with E-state index in [2.05, 4.69) is 26.2 Å². The summed E-state index contributed by atoms with van der Waals surface area (Å²) in [5.74, 6) is 0. The van der Waals surface area contributed by atoms with Crippen molar-refractivity contribution in [2.75, 3.05) is 12.4 Å². The van der Waals surface area contributed by atoms with E-state index < -0.39 is 0 Å². The molecule has 0 atom stereocenters. The lowest BCUT2D eigenvalue weighted by atomic mass is 10.3. The predicted octanol–water partition coefficient (Wildman–Crippen LogP) is 3.94. The maximum Gasteiger partial charge on any atom is 0.295 e. The van der Waals surface area contributed by atoms with Gasteiger partial charge >= 0.3 is 0 Å². The van der Waals surface area contributed by atoms with Crippen LogP contribution < -0.4 is 5.32 Å². The zero-order valence-electron chi connectivity index (χ0n) is 7.07. The summed E-state index contributed by atoms with van der Waals surface area (Å²) in [6.07, 6.45) is 0. The second-order valence-corrected chi connectivity index (χ2v) is 4.24. The largest absolute Gasteiger partial charge is 0.422 e. The second kappa shape index (κ2) is 3.61. The van der Waals surface area contributed by atoms with Gasteiger partial charge in [-0.2, -0.15) is 4.98 Å². The monoisotopic (exact) mass is 294 g/mol. The van der Waals surface area contributed by atoms with Crippen molar-refractivity contribution in [3.05, 3.63) is 20.6 Å². The van der Waals surface area contributed by atoms with E-state index in [0.29, 0.717) is 31.6 Å². The lowest BCUT2D eigenvalue weighted by Gasteiger charge is -1.96. The minimum Gasteiger partial charge on any atom is -0.422 e. The molecule has 0 saturated heterocycles. The van der Waals surface area contributed by atoms with E-state index in [4.69, 9.17) is 27.6 Å². The average Bonchev–Trinajstić information content (AvgIpc) is 2.58. The molecule has 1 heterocycles. The standard InChI is InChI=1S/C8H5BrCl2N2O/c1-12-8-13-6-4(10)2-3(9)5(11)7(6)14-8/h2H,1H3,(H,12,13). The Morgan fingerprint density at radius 1 is 1.50 bits per heavy atom. The molecule has 14 heavy (non-hydrogen) atoms. The molecule has 2 rings (SSSR count). The van der Waals surface area contributed by atoms with Gasteiger partial charge in [-0.3, -0.25) is 0 Å². The number of halogens is 3. The number of aromatic nitrogens is 1. The molecular formula is C8H5BrCl2N2O. The van der Waals surface area contributed by atoms with Crippen LogP contribution in [0.1, 0.15) is 0 Å². The number of oxazole rings is 1. The van der Waals surface area contributed by atoms with E-state index in [-0.39, 0.29) is 0 Å². The Morgan fingerprint density at radius 2 is 2.21 bits per heavy atom. The SMILES string of the molecule is CNc1nc2c(Cl)cc(Br)c(Cl)c2o1. The third-order valence-electron chi connectivity index (χ3n) is 1.73. The van der Waals surface area contributed by atoms with E-state index in [1.807, 2.05) is 0 Å². The summed E-state index contributed by atoms with van der Waals surface area (Å²) in [5.41, 5.74) is 1.04. The van der Waals surface area contributed by atoms with Gasteiger partial charge in [0, 0.05) is 11.5 Å². The fourth-order valence-electron chi connectivity index (χ4n) is 1.09. The first-order valence-electron chi connectivity index (χ1n) is 3.75. The Bertz CT molecular complexity index is 498. The lowest BCUT2D eigenvalue weighted by Crippen LogP contribution is -1.85. The predicted molar refractivity (Wildman–Crippen MR) is 61.3 cm³/mol. The molecular weight excluding hydrogens is 291 g/mol. The van der Waals surface area contributed by atoms with Crippen molar-refractivity contribution in [2.45, 2.75) is 0 Å². The third-order valence-corrected chi connectivity index (χ3v) is 3.25. The molecule has 0 spiro atoms. The quantitative estimate of drug-likeness (QED) is 0.810. The van der Waals surface area contributed by atoms with Crippen molar-refractivity contribution in [1.29, 1.82) is 0 Å². The summed E-state index contributed by atoms with van der Waals surface area (Å²) in [4.78, 5) is 4.12. The summed E-state index contributed by atoms with van der Waals surface area (Å²) in [6.45, 7) is 0. The van der Waals surface area contributed by atoms with E-state index in [9.17, 15) is 0 Å². The molecule has 0 amide bonds. The van der Waals surface area contributed by atoms with Gasteiger partial charge in [0.1, 0.15) is 5.52 Å². The fraction of sp³-hybridized carbons (Fsp3) is 0.125. The van der Waals surface area contributed by atoms with Crippen LogP contribution in [-0.4, -0.2) is 12.0 Å². The molecule has 2 aromatic rings. The van der Waals surface area contributed by atoms with Gasteiger partial charge in [-0.1, -0.05) is 23.2 Å². The fourth-order valence-corrected chi connectivity index (χ4v) is 2.05.